The zero-order chi connectivity index (χ0) is 59.6. The van der Waals surface area contributed by atoms with Crippen LogP contribution in [0.4, 0.5) is 34.5 Å². The van der Waals surface area contributed by atoms with E-state index in [-0.39, 0.29) is 91.4 Å². The van der Waals surface area contributed by atoms with Crippen molar-refractivity contribution >= 4 is 135 Å². The van der Waals surface area contributed by atoms with E-state index in [4.69, 9.17) is 49.5 Å². The topological polar surface area (TPSA) is 375 Å². The second kappa shape index (κ2) is 39.5. The van der Waals surface area contributed by atoms with Gasteiger partial charge < -0.3 is 74.8 Å². The normalized spacial score (nSPS) is 14.9. The van der Waals surface area contributed by atoms with Crippen LogP contribution in [0.2, 0.25) is 0 Å². The van der Waals surface area contributed by atoms with Gasteiger partial charge in [0.05, 0.1) is 36.3 Å². The predicted octanol–water partition coefficient (Wildman–Crippen LogP) is 10.9. The second-order valence-corrected chi connectivity index (χ2v) is 24.6. The number of carboxylic acid groups (broad SMARTS) is 1. The van der Waals surface area contributed by atoms with Gasteiger partial charge in [0.1, 0.15) is 52.4 Å². The SMILES string of the molecule is C.C.C.C.C.C.C.C.C.CCCc1cc(N2CCC(=O)CC2)nc2sc(C(N)=O)c(N)c12.CCCc1cc(N2CCC(NCC(=O)N3CCC(O)CC3)CC2)nc2sc(C(N)=O)c(N)c12.CCCc1cc(N2CCC(NCC(=O)O)CC2)nc2sc(C(N)=O)c(N)c12. The van der Waals surface area contributed by atoms with Crippen LogP contribution in [0.15, 0.2) is 18.2 Å². The molecule has 10 rings (SSSR count). The number of likely N-dealkylation sites (tertiary alicyclic amines) is 1. The zero-order valence-electron chi connectivity index (χ0n) is 47.6. The minimum Gasteiger partial charge on any atom is -0.480 e. The number of hydrogen-bond donors (Lipinski definition) is 10. The van der Waals surface area contributed by atoms with Crippen molar-refractivity contribution in [2.24, 2.45) is 17.2 Å². The lowest BCUT2D eigenvalue weighted by atomic mass is 10.0. The first-order valence-electron chi connectivity index (χ1n) is 28.7. The number of aliphatic carboxylic acids is 1. The average molecular weight is 1340 g/mol. The van der Waals surface area contributed by atoms with E-state index in [0.29, 0.717) is 102 Å². The monoisotopic (exact) mass is 1340 g/mol. The molecule has 0 bridgehead atoms. The zero-order valence-corrected chi connectivity index (χ0v) is 50.0. The summed E-state index contributed by atoms with van der Waals surface area (Å²) in [5.74, 6) is 0.655. The van der Waals surface area contributed by atoms with Crippen LogP contribution in [-0.2, 0) is 33.6 Å². The number of carboxylic acids is 1. The van der Waals surface area contributed by atoms with E-state index in [1.165, 1.54) is 34.0 Å². The molecule has 26 heteroatoms. The fourth-order valence-electron chi connectivity index (χ4n) is 11.3. The van der Waals surface area contributed by atoms with Gasteiger partial charge in [0.15, 0.2) is 0 Å². The number of nitrogens with one attached hydrogen (secondary N) is 2. The highest BCUT2D eigenvalue weighted by molar-refractivity contribution is 7.22. The van der Waals surface area contributed by atoms with Crippen molar-refractivity contribution in [2.75, 3.05) is 97.3 Å². The molecule has 0 spiro atoms. The number of anilines is 6. The van der Waals surface area contributed by atoms with Gasteiger partial charge in [-0.1, -0.05) is 107 Å². The maximum Gasteiger partial charge on any atom is 0.317 e. The molecule has 0 radical (unpaired) electrons. The van der Waals surface area contributed by atoms with Crippen molar-refractivity contribution in [2.45, 2.75) is 196 Å². The molecule has 4 amide bonds. The highest BCUT2D eigenvalue weighted by Crippen LogP contribution is 2.40. The van der Waals surface area contributed by atoms with Crippen molar-refractivity contribution in [3.63, 3.8) is 0 Å². The van der Waals surface area contributed by atoms with Crippen molar-refractivity contribution in [3.05, 3.63) is 49.5 Å². The number of fused-ring (bicyclic) bond motifs is 3. The van der Waals surface area contributed by atoms with Gasteiger partial charge in [-0.3, -0.25) is 28.8 Å². The van der Waals surface area contributed by atoms with E-state index in [1.807, 2.05) is 11.0 Å². The highest BCUT2D eigenvalue weighted by atomic mass is 32.1. The van der Waals surface area contributed by atoms with E-state index >= 15 is 0 Å². The summed E-state index contributed by atoms with van der Waals surface area (Å²) in [6.45, 7) is 12.6. The fourth-order valence-corrected chi connectivity index (χ4v) is 14.3. The van der Waals surface area contributed by atoms with Crippen molar-refractivity contribution < 1.29 is 39.0 Å². The van der Waals surface area contributed by atoms with E-state index in [1.54, 1.807) is 0 Å². The Labute approximate surface area is 560 Å². The molecule has 6 aromatic rings. The van der Waals surface area contributed by atoms with Crippen LogP contribution in [0.25, 0.3) is 30.6 Å². The number of aliphatic hydroxyl groups is 1. The maximum atomic E-state index is 12.5. The maximum absolute atomic E-state index is 12.5. The summed E-state index contributed by atoms with van der Waals surface area (Å²) in [5, 5.41) is 27.5. The number of nitrogens with two attached hydrogens (primary N) is 6. The summed E-state index contributed by atoms with van der Waals surface area (Å²) >= 11 is 3.76. The number of ketones is 1. The lowest BCUT2D eigenvalue weighted by Crippen LogP contribution is -2.48. The molecule has 4 saturated heterocycles. The third-order valence-electron chi connectivity index (χ3n) is 15.7. The van der Waals surface area contributed by atoms with Crippen LogP contribution in [0, 0.1) is 0 Å². The minimum absolute atomic E-state index is 0. The van der Waals surface area contributed by atoms with Crippen LogP contribution in [0.5, 0.6) is 0 Å². The Balaban J connectivity index is 0. The Hall–Kier alpha value is -6.97. The van der Waals surface area contributed by atoms with Gasteiger partial charge in [0.2, 0.25) is 5.91 Å². The van der Waals surface area contributed by atoms with Crippen LogP contribution in [-0.4, -0.2) is 149 Å². The number of hydrogen-bond acceptors (Lipinski definition) is 21. The van der Waals surface area contributed by atoms with Gasteiger partial charge >= 0.3 is 5.97 Å². The number of aliphatic hydroxyl groups excluding tert-OH is 1. The van der Waals surface area contributed by atoms with Gasteiger partial charge in [-0.2, -0.15) is 0 Å². The van der Waals surface area contributed by atoms with E-state index in [9.17, 15) is 33.9 Å². The standard InChI is InChI=1S/C23H34N6O3S.C18H25N5O3S.C16H20N4O2S.9CH4/c1-2-3-14-12-17(27-23-19(14)20(24)21(33-23)22(25)32)28-8-4-15(5-9-28)26-13-18(31)29-10-6-16(30)7-11-29;1-2-3-10-8-12(22-18-14(10)15(19)16(27-18)17(20)26)23-6-4-11(5-7-23)21-9-13(24)25;1-2-3-9-8-11(20-6-4-10(21)5-7-20)19-16-12(9)13(17)14(23-16)15(18)22;;;;;;;;;/h12,15-16,26,30H,2-11,13,24H2,1H3,(H2,25,32);8,11,21H,2-7,9,19H2,1H3,(H2,20,26)(H,24,25);8H,2-7,17H2,1H3,(H2,18,22);9*1H4. The number of amides is 4. The van der Waals surface area contributed by atoms with Crippen LogP contribution < -0.4 is 59.7 Å². The molecule has 4 aliphatic rings. The van der Waals surface area contributed by atoms with Gasteiger partial charge in [-0.15, -0.1) is 34.0 Å². The average Bonchev–Trinajstić information content (AvgIpc) is 1.65. The molecule has 0 atom stereocenters. The largest absolute Gasteiger partial charge is 0.480 e. The molecule has 0 saturated carbocycles. The molecule has 92 heavy (non-hydrogen) atoms. The van der Waals surface area contributed by atoms with Crippen LogP contribution >= 0.6 is 34.0 Å². The number of nitrogen functional groups attached to an aromatic ring is 3. The summed E-state index contributed by atoms with van der Waals surface area (Å²) < 4.78 is 0. The van der Waals surface area contributed by atoms with Crippen molar-refractivity contribution in [1.82, 2.24) is 30.5 Å². The Morgan fingerprint density at radius 3 is 1.10 bits per heavy atom. The van der Waals surface area contributed by atoms with Crippen molar-refractivity contribution in [1.29, 1.82) is 0 Å². The third-order valence-corrected chi connectivity index (χ3v) is 19.1. The number of aromatic nitrogens is 3. The van der Waals surface area contributed by atoms with Gasteiger partial charge in [-0.05, 0) is 92.7 Å². The number of nitrogens with zero attached hydrogens (tertiary/aromatic N) is 7. The molecular weight excluding hydrogens is 1230 g/mol. The van der Waals surface area contributed by atoms with Crippen LogP contribution in [0.1, 0.15) is 204 Å². The van der Waals surface area contributed by atoms with E-state index in [2.05, 4.69) is 63.2 Å². The molecule has 16 N–H and O–H groups in total. The number of carbonyl (C=O) groups is 6. The number of primary amides is 3. The van der Waals surface area contributed by atoms with E-state index < -0.39 is 23.7 Å². The molecule has 0 aromatic carbocycles. The minimum atomic E-state index is -0.839. The molecule has 10 heterocycles. The quantitative estimate of drug-likeness (QED) is 0.0382. The molecule has 4 aliphatic heterocycles. The number of piperidine rings is 4. The number of carbonyl (C=O) groups excluding carboxylic acids is 5. The van der Waals surface area contributed by atoms with E-state index in [0.717, 1.165) is 155 Å². The number of Topliss-reactive ketones (excluding diaryl/α,β-unsaturated/α-hetero) is 1. The van der Waals surface area contributed by atoms with Gasteiger partial charge in [0, 0.05) is 93.4 Å². The first-order chi connectivity index (χ1) is 39.8. The lowest BCUT2D eigenvalue weighted by Gasteiger charge is -2.34. The Morgan fingerprint density at radius 2 is 0.804 bits per heavy atom. The molecular formula is C66H115N15O8S3. The third kappa shape index (κ3) is 20.8. The molecule has 4 fully saturated rings. The summed E-state index contributed by atoms with van der Waals surface area (Å²) in [4.78, 5) is 95.6. The smallest absolute Gasteiger partial charge is 0.317 e. The highest BCUT2D eigenvalue weighted by Gasteiger charge is 2.29. The van der Waals surface area contributed by atoms with Crippen molar-refractivity contribution in [3.8, 4) is 0 Å². The molecule has 23 nitrogen and oxygen atoms in total. The predicted molar refractivity (Wildman–Crippen MR) is 393 cm³/mol. The van der Waals surface area contributed by atoms with Gasteiger partial charge in [0.25, 0.3) is 17.7 Å². The molecule has 6 aromatic heterocycles. The molecule has 0 unspecified atom stereocenters. The summed E-state index contributed by atoms with van der Waals surface area (Å²) in [6, 6.07) is 6.69. The van der Waals surface area contributed by atoms with Crippen LogP contribution in [0.3, 0.4) is 0 Å². The second-order valence-electron chi connectivity index (χ2n) is 21.7. The first kappa shape index (κ1) is 87.1. The molecule has 0 aliphatic carbocycles. The summed E-state index contributed by atoms with van der Waals surface area (Å²) in [7, 11) is 0. The summed E-state index contributed by atoms with van der Waals surface area (Å²) in [6.07, 6.45) is 11.2. The number of thiophene rings is 3. The summed E-state index contributed by atoms with van der Waals surface area (Å²) in [5.41, 5.74) is 39.5. The Morgan fingerprint density at radius 1 is 0.500 bits per heavy atom. The number of pyridine rings is 3. The lowest BCUT2D eigenvalue weighted by molar-refractivity contribution is -0.136. The Bertz CT molecular complexity index is 3340. The Kier molecular flexibility index (Phi) is 37.4. The van der Waals surface area contributed by atoms with Gasteiger partial charge in [-0.25, -0.2) is 15.0 Å². The molecule has 520 valence electrons. The number of rotatable bonds is 18. The number of aryl methyl sites for hydroxylation is 3. The first-order valence-corrected chi connectivity index (χ1v) is 31.2. The fraction of sp³-hybridized carbons (Fsp3) is 0.591.